The van der Waals surface area contributed by atoms with Gasteiger partial charge in [0.1, 0.15) is 0 Å². The van der Waals surface area contributed by atoms with Gasteiger partial charge >= 0.3 is 0 Å². The normalized spacial score (nSPS) is 30.6. The molecule has 0 spiro atoms. The van der Waals surface area contributed by atoms with Gasteiger partial charge in [-0.25, -0.2) is 0 Å². The van der Waals surface area contributed by atoms with Crippen LogP contribution in [-0.2, 0) is 0 Å². The fraction of sp³-hybridized carbons (Fsp3) is 0.625. The van der Waals surface area contributed by atoms with Gasteiger partial charge in [-0.05, 0) is 36.7 Å². The maximum Gasteiger partial charge on any atom is 0.0333 e. The molecule has 1 aromatic carbocycles. The third-order valence-corrected chi connectivity index (χ3v) is 4.84. The van der Waals surface area contributed by atoms with Gasteiger partial charge in [0, 0.05) is 25.2 Å². The van der Waals surface area contributed by atoms with Gasteiger partial charge in [-0.2, -0.15) is 0 Å². The Morgan fingerprint density at radius 1 is 1.28 bits per heavy atom. The standard InChI is InChI=1S/C16H24N2/c1-12(16(17)14-5-3-2-4-6-14)10-18-11-13-7-8-15(18)9-13/h2-6,12-13,15-16H,7-11,17H2,1H3. The summed E-state index contributed by atoms with van der Waals surface area (Å²) in [5, 5.41) is 0. The summed E-state index contributed by atoms with van der Waals surface area (Å²) in [6.07, 6.45) is 4.31. The van der Waals surface area contributed by atoms with Crippen LogP contribution in [0.4, 0.5) is 0 Å². The van der Waals surface area contributed by atoms with E-state index in [0.717, 1.165) is 18.5 Å². The summed E-state index contributed by atoms with van der Waals surface area (Å²) >= 11 is 0. The number of piperidine rings is 1. The monoisotopic (exact) mass is 244 g/mol. The molecular weight excluding hydrogens is 220 g/mol. The summed E-state index contributed by atoms with van der Waals surface area (Å²) in [6, 6.07) is 11.6. The van der Waals surface area contributed by atoms with E-state index in [4.69, 9.17) is 5.73 Å². The number of likely N-dealkylation sites (tertiary alicyclic amines) is 1. The van der Waals surface area contributed by atoms with Crippen molar-refractivity contribution in [3.05, 3.63) is 35.9 Å². The van der Waals surface area contributed by atoms with E-state index in [1.54, 1.807) is 0 Å². The van der Waals surface area contributed by atoms with Crippen molar-refractivity contribution in [1.82, 2.24) is 4.90 Å². The lowest BCUT2D eigenvalue weighted by Crippen LogP contribution is -2.38. The Hall–Kier alpha value is -0.860. The van der Waals surface area contributed by atoms with Crippen molar-refractivity contribution in [2.45, 2.75) is 38.3 Å². The van der Waals surface area contributed by atoms with Gasteiger partial charge in [-0.15, -0.1) is 0 Å². The Balaban J connectivity index is 1.60. The zero-order chi connectivity index (χ0) is 12.5. The molecular formula is C16H24N2. The lowest BCUT2D eigenvalue weighted by Gasteiger charge is -2.31. The first-order valence-corrected chi connectivity index (χ1v) is 7.28. The molecule has 2 nitrogen and oxygen atoms in total. The highest BCUT2D eigenvalue weighted by Gasteiger charge is 2.38. The van der Waals surface area contributed by atoms with Crippen LogP contribution in [0.5, 0.6) is 0 Å². The molecule has 2 bridgehead atoms. The first kappa shape index (κ1) is 12.2. The van der Waals surface area contributed by atoms with Crippen LogP contribution in [0.1, 0.15) is 37.8 Å². The second-order valence-corrected chi connectivity index (χ2v) is 6.20. The molecule has 4 atom stereocenters. The zero-order valence-electron chi connectivity index (χ0n) is 11.3. The molecule has 1 saturated carbocycles. The summed E-state index contributed by atoms with van der Waals surface area (Å²) < 4.78 is 0. The predicted octanol–water partition coefficient (Wildman–Crippen LogP) is 2.81. The second-order valence-electron chi connectivity index (χ2n) is 6.20. The average molecular weight is 244 g/mol. The number of nitrogens with zero attached hydrogens (tertiary/aromatic N) is 1. The molecule has 18 heavy (non-hydrogen) atoms. The molecule has 0 amide bonds. The molecule has 2 fully saturated rings. The third-order valence-electron chi connectivity index (χ3n) is 4.84. The summed E-state index contributed by atoms with van der Waals surface area (Å²) in [5.41, 5.74) is 7.66. The van der Waals surface area contributed by atoms with Gasteiger partial charge in [0.05, 0.1) is 0 Å². The van der Waals surface area contributed by atoms with E-state index in [1.807, 2.05) is 0 Å². The number of benzene rings is 1. The van der Waals surface area contributed by atoms with E-state index >= 15 is 0 Å². The van der Waals surface area contributed by atoms with Crippen molar-refractivity contribution < 1.29 is 0 Å². The van der Waals surface area contributed by atoms with E-state index < -0.39 is 0 Å². The molecule has 0 radical (unpaired) electrons. The van der Waals surface area contributed by atoms with E-state index in [1.165, 1.54) is 31.4 Å². The molecule has 2 N–H and O–H groups in total. The van der Waals surface area contributed by atoms with Crippen molar-refractivity contribution in [2.75, 3.05) is 13.1 Å². The number of rotatable bonds is 4. The number of fused-ring (bicyclic) bond motifs is 2. The van der Waals surface area contributed by atoms with Crippen molar-refractivity contribution >= 4 is 0 Å². The highest BCUT2D eigenvalue weighted by molar-refractivity contribution is 5.19. The van der Waals surface area contributed by atoms with Crippen LogP contribution in [0, 0.1) is 11.8 Å². The fourth-order valence-corrected chi connectivity index (χ4v) is 3.74. The number of nitrogens with two attached hydrogens (primary N) is 1. The highest BCUT2D eigenvalue weighted by Crippen LogP contribution is 2.38. The lowest BCUT2D eigenvalue weighted by atomic mass is 9.94. The largest absolute Gasteiger partial charge is 0.324 e. The Labute approximate surface area is 110 Å². The summed E-state index contributed by atoms with van der Waals surface area (Å²) in [5.74, 6) is 1.52. The van der Waals surface area contributed by atoms with Gasteiger partial charge in [-0.1, -0.05) is 37.3 Å². The predicted molar refractivity (Wildman–Crippen MR) is 75.2 cm³/mol. The highest BCUT2D eigenvalue weighted by atomic mass is 15.2. The van der Waals surface area contributed by atoms with Gasteiger partial charge in [0.15, 0.2) is 0 Å². The van der Waals surface area contributed by atoms with Gasteiger partial charge < -0.3 is 5.73 Å². The Bertz CT molecular complexity index is 389. The molecule has 1 aromatic rings. The topological polar surface area (TPSA) is 29.3 Å². The molecule has 0 aromatic heterocycles. The van der Waals surface area contributed by atoms with Gasteiger partial charge in [0.25, 0.3) is 0 Å². The van der Waals surface area contributed by atoms with Crippen LogP contribution >= 0.6 is 0 Å². The SMILES string of the molecule is CC(CN1CC2CCC1C2)C(N)c1ccccc1. The molecule has 2 aliphatic rings. The first-order valence-electron chi connectivity index (χ1n) is 7.28. The minimum absolute atomic E-state index is 0.172. The van der Waals surface area contributed by atoms with Crippen molar-refractivity contribution in [3.63, 3.8) is 0 Å². The second kappa shape index (κ2) is 5.02. The molecule has 98 valence electrons. The number of hydrogen-bond acceptors (Lipinski definition) is 2. The molecule has 1 aliphatic carbocycles. The molecule has 1 heterocycles. The third kappa shape index (κ3) is 2.32. The molecule has 1 aliphatic heterocycles. The van der Waals surface area contributed by atoms with Crippen molar-refractivity contribution in [2.24, 2.45) is 17.6 Å². The van der Waals surface area contributed by atoms with Crippen LogP contribution in [0.2, 0.25) is 0 Å². The minimum Gasteiger partial charge on any atom is -0.324 e. The van der Waals surface area contributed by atoms with E-state index in [9.17, 15) is 0 Å². The first-order chi connectivity index (χ1) is 8.74. The van der Waals surface area contributed by atoms with Gasteiger partial charge in [-0.3, -0.25) is 4.90 Å². The molecule has 2 heteroatoms. The average Bonchev–Trinajstić information content (AvgIpc) is 3.01. The minimum atomic E-state index is 0.172. The fourth-order valence-electron chi connectivity index (χ4n) is 3.74. The van der Waals surface area contributed by atoms with Crippen LogP contribution in [-0.4, -0.2) is 24.0 Å². The van der Waals surface area contributed by atoms with Crippen LogP contribution < -0.4 is 5.73 Å². The van der Waals surface area contributed by atoms with E-state index in [0.29, 0.717) is 5.92 Å². The Kier molecular flexibility index (Phi) is 3.40. The summed E-state index contributed by atoms with van der Waals surface area (Å²) in [7, 11) is 0. The van der Waals surface area contributed by atoms with Crippen LogP contribution in [0.3, 0.4) is 0 Å². The Morgan fingerprint density at radius 3 is 2.67 bits per heavy atom. The molecule has 3 rings (SSSR count). The maximum absolute atomic E-state index is 6.39. The number of hydrogen-bond donors (Lipinski definition) is 1. The maximum atomic E-state index is 6.39. The lowest BCUT2D eigenvalue weighted by molar-refractivity contribution is 0.176. The summed E-state index contributed by atoms with van der Waals surface area (Å²) in [4.78, 5) is 2.68. The van der Waals surface area contributed by atoms with Crippen LogP contribution in [0.15, 0.2) is 30.3 Å². The van der Waals surface area contributed by atoms with E-state index in [2.05, 4.69) is 42.2 Å². The Morgan fingerprint density at radius 2 is 2.06 bits per heavy atom. The van der Waals surface area contributed by atoms with Gasteiger partial charge in [0.2, 0.25) is 0 Å². The summed E-state index contributed by atoms with van der Waals surface area (Å²) in [6.45, 7) is 4.78. The quantitative estimate of drug-likeness (QED) is 0.882. The van der Waals surface area contributed by atoms with Crippen molar-refractivity contribution in [1.29, 1.82) is 0 Å². The van der Waals surface area contributed by atoms with Crippen molar-refractivity contribution in [3.8, 4) is 0 Å². The van der Waals surface area contributed by atoms with E-state index in [-0.39, 0.29) is 6.04 Å². The zero-order valence-corrected chi connectivity index (χ0v) is 11.3. The smallest absolute Gasteiger partial charge is 0.0333 e. The molecule has 1 saturated heterocycles. The molecule has 4 unspecified atom stereocenters. The van der Waals surface area contributed by atoms with Crippen LogP contribution in [0.25, 0.3) is 0 Å².